The predicted octanol–water partition coefficient (Wildman–Crippen LogP) is 0.958. The highest BCUT2D eigenvalue weighted by Gasteiger charge is 1.98. The maximum absolute atomic E-state index is 10.8. The summed E-state index contributed by atoms with van der Waals surface area (Å²) in [5.74, 6) is 0.688. The van der Waals surface area contributed by atoms with E-state index in [2.05, 4.69) is 5.32 Å². The zero-order valence-electron chi connectivity index (χ0n) is 8.95. The zero-order valence-corrected chi connectivity index (χ0v) is 8.95. The summed E-state index contributed by atoms with van der Waals surface area (Å²) < 4.78 is 10.2. The molecule has 4 nitrogen and oxygen atoms in total. The molecular formula is C11H15NO3. The molecular weight excluding hydrogens is 194 g/mol. The van der Waals surface area contributed by atoms with Crippen LogP contribution in [0.5, 0.6) is 5.75 Å². The number of methoxy groups -OCH3 is 1. The van der Waals surface area contributed by atoms with Gasteiger partial charge in [0.2, 0.25) is 5.91 Å². The normalized spacial score (nSPS) is 9.73. The van der Waals surface area contributed by atoms with Gasteiger partial charge < -0.3 is 14.8 Å². The van der Waals surface area contributed by atoms with Crippen molar-refractivity contribution in [2.45, 2.75) is 6.61 Å². The number of hydrogen-bond donors (Lipinski definition) is 1. The van der Waals surface area contributed by atoms with Crippen molar-refractivity contribution >= 4 is 5.91 Å². The standard InChI is InChI=1S/C11H15NO3/c1-12-11(13)8-15-7-9-3-5-10(14-2)6-4-9/h3-6H,7-8H2,1-2H3,(H,12,13). The molecule has 0 spiro atoms. The fourth-order valence-electron chi connectivity index (χ4n) is 1.06. The topological polar surface area (TPSA) is 47.6 Å². The number of likely N-dealkylation sites (N-methyl/N-ethyl adjacent to an activating group) is 1. The third-order valence-corrected chi connectivity index (χ3v) is 1.94. The number of carbonyl (C=O) groups is 1. The number of hydrogen-bond acceptors (Lipinski definition) is 3. The van der Waals surface area contributed by atoms with Crippen LogP contribution < -0.4 is 10.1 Å². The highest BCUT2D eigenvalue weighted by molar-refractivity contribution is 5.76. The molecule has 0 atom stereocenters. The maximum atomic E-state index is 10.8. The Morgan fingerprint density at radius 2 is 2.00 bits per heavy atom. The first-order valence-corrected chi connectivity index (χ1v) is 4.67. The smallest absolute Gasteiger partial charge is 0.245 e. The van der Waals surface area contributed by atoms with Crippen molar-refractivity contribution in [2.24, 2.45) is 0 Å². The van der Waals surface area contributed by atoms with E-state index in [1.807, 2.05) is 24.3 Å². The molecule has 0 aliphatic rings. The third kappa shape index (κ3) is 3.99. The van der Waals surface area contributed by atoms with Crippen LogP contribution in [-0.2, 0) is 16.1 Å². The molecule has 0 unspecified atom stereocenters. The van der Waals surface area contributed by atoms with Gasteiger partial charge in [0.15, 0.2) is 0 Å². The van der Waals surface area contributed by atoms with Crippen LogP contribution in [0.4, 0.5) is 0 Å². The lowest BCUT2D eigenvalue weighted by Gasteiger charge is -2.04. The minimum atomic E-state index is -0.122. The minimum Gasteiger partial charge on any atom is -0.497 e. The van der Waals surface area contributed by atoms with E-state index in [0.29, 0.717) is 6.61 Å². The van der Waals surface area contributed by atoms with E-state index in [1.54, 1.807) is 14.2 Å². The molecule has 0 saturated heterocycles. The maximum Gasteiger partial charge on any atom is 0.245 e. The molecule has 0 aromatic heterocycles. The molecule has 0 bridgehead atoms. The highest BCUT2D eigenvalue weighted by atomic mass is 16.5. The van der Waals surface area contributed by atoms with E-state index >= 15 is 0 Å². The molecule has 1 rings (SSSR count). The van der Waals surface area contributed by atoms with E-state index in [4.69, 9.17) is 9.47 Å². The van der Waals surface area contributed by atoms with E-state index < -0.39 is 0 Å². The van der Waals surface area contributed by atoms with Crippen molar-refractivity contribution in [1.82, 2.24) is 5.32 Å². The Hall–Kier alpha value is -1.55. The van der Waals surface area contributed by atoms with Crippen LogP contribution in [0.3, 0.4) is 0 Å². The summed E-state index contributed by atoms with van der Waals surface area (Å²) in [7, 11) is 3.20. The van der Waals surface area contributed by atoms with Gasteiger partial charge in [0.25, 0.3) is 0 Å². The number of nitrogens with one attached hydrogen (secondary N) is 1. The second-order valence-electron chi connectivity index (χ2n) is 3.01. The van der Waals surface area contributed by atoms with Crippen LogP contribution in [0, 0.1) is 0 Å². The second kappa shape index (κ2) is 6.03. The molecule has 0 aliphatic heterocycles. The molecule has 0 heterocycles. The first-order valence-electron chi connectivity index (χ1n) is 4.67. The first kappa shape index (κ1) is 11.5. The average molecular weight is 209 g/mol. The van der Waals surface area contributed by atoms with Gasteiger partial charge in [-0.25, -0.2) is 0 Å². The number of amides is 1. The Morgan fingerprint density at radius 3 is 2.53 bits per heavy atom. The molecule has 1 N–H and O–H groups in total. The molecule has 4 heteroatoms. The second-order valence-corrected chi connectivity index (χ2v) is 3.01. The zero-order chi connectivity index (χ0) is 11.1. The van der Waals surface area contributed by atoms with E-state index in [9.17, 15) is 4.79 Å². The molecule has 82 valence electrons. The van der Waals surface area contributed by atoms with Crippen LogP contribution in [0.25, 0.3) is 0 Å². The van der Waals surface area contributed by atoms with Gasteiger partial charge in [-0.15, -0.1) is 0 Å². The Balaban J connectivity index is 2.34. The van der Waals surface area contributed by atoms with Gasteiger partial charge in [0, 0.05) is 7.05 Å². The Labute approximate surface area is 89.2 Å². The van der Waals surface area contributed by atoms with Crippen molar-refractivity contribution < 1.29 is 14.3 Å². The van der Waals surface area contributed by atoms with Gasteiger partial charge in [0.1, 0.15) is 12.4 Å². The van der Waals surface area contributed by atoms with Gasteiger partial charge >= 0.3 is 0 Å². The summed E-state index contributed by atoms with van der Waals surface area (Å²) in [5, 5.41) is 2.49. The fraction of sp³-hybridized carbons (Fsp3) is 0.364. The first-order chi connectivity index (χ1) is 7.26. The summed E-state index contributed by atoms with van der Waals surface area (Å²) in [6.45, 7) is 0.514. The molecule has 0 saturated carbocycles. The van der Waals surface area contributed by atoms with Crippen molar-refractivity contribution in [2.75, 3.05) is 20.8 Å². The van der Waals surface area contributed by atoms with Gasteiger partial charge in [-0.1, -0.05) is 12.1 Å². The number of carbonyl (C=O) groups excluding carboxylic acids is 1. The van der Waals surface area contributed by atoms with E-state index in [1.165, 1.54) is 0 Å². The largest absolute Gasteiger partial charge is 0.497 e. The number of benzene rings is 1. The lowest BCUT2D eigenvalue weighted by Crippen LogP contribution is -2.23. The van der Waals surface area contributed by atoms with E-state index in [0.717, 1.165) is 11.3 Å². The summed E-state index contributed by atoms with van der Waals surface area (Å²) in [6.07, 6.45) is 0. The summed E-state index contributed by atoms with van der Waals surface area (Å²) in [5.41, 5.74) is 1.01. The highest BCUT2D eigenvalue weighted by Crippen LogP contribution is 2.11. The van der Waals surface area contributed by atoms with Crippen LogP contribution in [-0.4, -0.2) is 26.7 Å². The molecule has 0 aliphatic carbocycles. The van der Waals surface area contributed by atoms with Crippen molar-refractivity contribution in [3.8, 4) is 5.75 Å². The predicted molar refractivity (Wildman–Crippen MR) is 56.7 cm³/mol. The Bertz CT molecular complexity index is 308. The summed E-state index contributed by atoms with van der Waals surface area (Å²) in [6, 6.07) is 7.53. The molecule has 0 radical (unpaired) electrons. The van der Waals surface area contributed by atoms with Gasteiger partial charge in [-0.2, -0.15) is 0 Å². The van der Waals surface area contributed by atoms with Crippen molar-refractivity contribution in [3.63, 3.8) is 0 Å². The average Bonchev–Trinajstić information content (AvgIpc) is 2.29. The van der Waals surface area contributed by atoms with Crippen LogP contribution in [0.1, 0.15) is 5.56 Å². The Morgan fingerprint density at radius 1 is 1.33 bits per heavy atom. The van der Waals surface area contributed by atoms with Crippen LogP contribution in [0.15, 0.2) is 24.3 Å². The monoisotopic (exact) mass is 209 g/mol. The minimum absolute atomic E-state index is 0.0858. The fourth-order valence-corrected chi connectivity index (χ4v) is 1.06. The molecule has 1 aromatic rings. The molecule has 0 fully saturated rings. The molecule has 1 amide bonds. The van der Waals surface area contributed by atoms with Crippen LogP contribution >= 0.6 is 0 Å². The lowest BCUT2D eigenvalue weighted by atomic mass is 10.2. The molecule has 15 heavy (non-hydrogen) atoms. The van der Waals surface area contributed by atoms with Gasteiger partial charge in [0.05, 0.1) is 13.7 Å². The Kier molecular flexibility index (Phi) is 4.63. The van der Waals surface area contributed by atoms with Crippen molar-refractivity contribution in [1.29, 1.82) is 0 Å². The van der Waals surface area contributed by atoms with Crippen LogP contribution in [0.2, 0.25) is 0 Å². The summed E-state index contributed by atoms with van der Waals surface area (Å²) >= 11 is 0. The third-order valence-electron chi connectivity index (χ3n) is 1.94. The quantitative estimate of drug-likeness (QED) is 0.785. The van der Waals surface area contributed by atoms with Crippen molar-refractivity contribution in [3.05, 3.63) is 29.8 Å². The molecule has 1 aromatic carbocycles. The van der Waals surface area contributed by atoms with Gasteiger partial charge in [-0.05, 0) is 17.7 Å². The summed E-state index contributed by atoms with van der Waals surface area (Å²) in [4.78, 5) is 10.8. The number of ether oxygens (including phenoxy) is 2. The lowest BCUT2D eigenvalue weighted by molar-refractivity contribution is -0.125. The van der Waals surface area contributed by atoms with Gasteiger partial charge in [-0.3, -0.25) is 4.79 Å². The van der Waals surface area contributed by atoms with E-state index in [-0.39, 0.29) is 12.5 Å². The SMILES string of the molecule is CNC(=O)COCc1ccc(OC)cc1. The number of rotatable bonds is 5.